The summed E-state index contributed by atoms with van der Waals surface area (Å²) in [4.78, 5) is 1.99. The minimum atomic E-state index is -0.372. The first kappa shape index (κ1) is 13.1. The molecule has 0 radical (unpaired) electrons. The Bertz CT molecular complexity index is 519. The van der Waals surface area contributed by atoms with Crippen LogP contribution in [0.4, 0.5) is 0 Å². The van der Waals surface area contributed by atoms with Gasteiger partial charge in [0.05, 0.1) is 17.3 Å². The SMILES string of the molecule is CCn1nc(CC(O)CN(C)C)c2ccccc21. The summed E-state index contributed by atoms with van der Waals surface area (Å²) >= 11 is 0. The lowest BCUT2D eigenvalue weighted by Crippen LogP contribution is -2.27. The molecule has 4 heteroatoms. The van der Waals surface area contributed by atoms with Gasteiger partial charge in [-0.3, -0.25) is 4.68 Å². The Hall–Kier alpha value is -1.39. The number of aliphatic hydroxyl groups is 1. The molecule has 0 aliphatic rings. The van der Waals surface area contributed by atoms with E-state index in [4.69, 9.17) is 0 Å². The van der Waals surface area contributed by atoms with Gasteiger partial charge in [-0.15, -0.1) is 0 Å². The van der Waals surface area contributed by atoms with Crippen molar-refractivity contribution < 1.29 is 5.11 Å². The summed E-state index contributed by atoms with van der Waals surface area (Å²) in [5, 5.41) is 15.8. The Morgan fingerprint density at radius 2 is 2.06 bits per heavy atom. The topological polar surface area (TPSA) is 41.3 Å². The molecule has 1 N–H and O–H groups in total. The van der Waals surface area contributed by atoms with Gasteiger partial charge < -0.3 is 10.0 Å². The molecule has 0 saturated heterocycles. The third-order valence-corrected chi connectivity index (χ3v) is 3.04. The van der Waals surface area contributed by atoms with Crippen molar-refractivity contribution in [2.75, 3.05) is 20.6 Å². The predicted molar refractivity (Wildman–Crippen MR) is 73.7 cm³/mol. The minimum Gasteiger partial charge on any atom is -0.391 e. The lowest BCUT2D eigenvalue weighted by atomic mass is 10.1. The number of fused-ring (bicyclic) bond motifs is 1. The van der Waals surface area contributed by atoms with Crippen LogP contribution in [0.2, 0.25) is 0 Å². The number of aryl methyl sites for hydroxylation is 1. The molecule has 98 valence electrons. The highest BCUT2D eigenvalue weighted by atomic mass is 16.3. The van der Waals surface area contributed by atoms with Gasteiger partial charge in [0.25, 0.3) is 0 Å². The van der Waals surface area contributed by atoms with Gasteiger partial charge in [0.1, 0.15) is 0 Å². The number of aliphatic hydroxyl groups excluding tert-OH is 1. The molecule has 0 aliphatic heterocycles. The fourth-order valence-corrected chi connectivity index (χ4v) is 2.30. The summed E-state index contributed by atoms with van der Waals surface area (Å²) in [6.07, 6.45) is 0.231. The number of benzene rings is 1. The average Bonchev–Trinajstić information content (AvgIpc) is 2.67. The maximum absolute atomic E-state index is 10.0. The van der Waals surface area contributed by atoms with Crippen LogP contribution in [0, 0.1) is 0 Å². The van der Waals surface area contributed by atoms with Crippen LogP contribution in [0.25, 0.3) is 10.9 Å². The molecule has 1 heterocycles. The molecule has 1 unspecified atom stereocenters. The summed E-state index contributed by atoms with van der Waals surface area (Å²) in [5.41, 5.74) is 2.13. The monoisotopic (exact) mass is 247 g/mol. The highest BCUT2D eigenvalue weighted by molar-refractivity contribution is 5.81. The second-order valence-electron chi connectivity index (χ2n) is 4.90. The van der Waals surface area contributed by atoms with Crippen molar-refractivity contribution in [2.45, 2.75) is 26.0 Å². The zero-order chi connectivity index (χ0) is 13.1. The molecule has 0 aliphatic carbocycles. The second kappa shape index (κ2) is 5.50. The van der Waals surface area contributed by atoms with E-state index < -0.39 is 0 Å². The number of rotatable bonds is 5. The Morgan fingerprint density at radius 1 is 1.33 bits per heavy atom. The van der Waals surface area contributed by atoms with Gasteiger partial charge in [0.2, 0.25) is 0 Å². The van der Waals surface area contributed by atoms with Crippen LogP contribution in [-0.2, 0) is 13.0 Å². The number of hydrogen-bond donors (Lipinski definition) is 1. The van der Waals surface area contributed by atoms with Gasteiger partial charge in [-0.1, -0.05) is 18.2 Å². The first-order valence-electron chi connectivity index (χ1n) is 6.39. The predicted octanol–water partition coefficient (Wildman–Crippen LogP) is 1.52. The lowest BCUT2D eigenvalue weighted by molar-refractivity contribution is 0.136. The van der Waals surface area contributed by atoms with Gasteiger partial charge in [-0.2, -0.15) is 5.10 Å². The van der Waals surface area contributed by atoms with Crippen LogP contribution < -0.4 is 0 Å². The Morgan fingerprint density at radius 3 is 2.72 bits per heavy atom. The van der Waals surface area contributed by atoms with Crippen molar-refractivity contribution >= 4 is 10.9 Å². The van der Waals surface area contributed by atoms with Crippen LogP contribution in [0.5, 0.6) is 0 Å². The van der Waals surface area contributed by atoms with Gasteiger partial charge in [0.15, 0.2) is 0 Å². The molecule has 2 rings (SSSR count). The number of likely N-dealkylation sites (N-methyl/N-ethyl adjacent to an activating group) is 1. The van der Waals surface area contributed by atoms with Crippen molar-refractivity contribution in [1.29, 1.82) is 0 Å². The van der Waals surface area contributed by atoms with E-state index in [2.05, 4.69) is 24.2 Å². The second-order valence-corrected chi connectivity index (χ2v) is 4.90. The molecular weight excluding hydrogens is 226 g/mol. The van der Waals surface area contributed by atoms with Crippen LogP contribution in [0.1, 0.15) is 12.6 Å². The molecule has 1 aromatic heterocycles. The van der Waals surface area contributed by atoms with Crippen LogP contribution >= 0.6 is 0 Å². The van der Waals surface area contributed by atoms with Crippen LogP contribution in [-0.4, -0.2) is 46.5 Å². The van der Waals surface area contributed by atoms with Crippen molar-refractivity contribution in [1.82, 2.24) is 14.7 Å². The molecule has 18 heavy (non-hydrogen) atoms. The van der Waals surface area contributed by atoms with Crippen LogP contribution in [0.15, 0.2) is 24.3 Å². The highest BCUT2D eigenvalue weighted by Gasteiger charge is 2.13. The quantitative estimate of drug-likeness (QED) is 0.871. The maximum Gasteiger partial charge on any atom is 0.0729 e. The zero-order valence-corrected chi connectivity index (χ0v) is 11.3. The van der Waals surface area contributed by atoms with Crippen molar-refractivity contribution in [3.05, 3.63) is 30.0 Å². The van der Waals surface area contributed by atoms with E-state index in [9.17, 15) is 5.11 Å². The number of nitrogens with zero attached hydrogens (tertiary/aromatic N) is 3. The van der Waals surface area contributed by atoms with E-state index >= 15 is 0 Å². The number of para-hydroxylation sites is 1. The Kier molecular flexibility index (Phi) is 3.99. The molecule has 4 nitrogen and oxygen atoms in total. The third-order valence-electron chi connectivity index (χ3n) is 3.04. The summed E-state index contributed by atoms with van der Waals surface area (Å²) in [6, 6.07) is 8.20. The maximum atomic E-state index is 10.0. The van der Waals surface area contributed by atoms with E-state index in [1.807, 2.05) is 35.8 Å². The van der Waals surface area contributed by atoms with E-state index in [0.717, 1.165) is 23.1 Å². The number of hydrogen-bond acceptors (Lipinski definition) is 3. The standard InChI is InChI=1S/C14H21N3O/c1-4-17-14-8-6-5-7-12(14)13(15-17)9-11(18)10-16(2)3/h5-8,11,18H,4,9-10H2,1-3H3. The van der Waals surface area contributed by atoms with Gasteiger partial charge in [-0.05, 0) is 27.1 Å². The molecular formula is C14H21N3O. The summed E-state index contributed by atoms with van der Waals surface area (Å²) in [6.45, 7) is 3.59. The van der Waals surface area contributed by atoms with Gasteiger partial charge >= 0.3 is 0 Å². The van der Waals surface area contributed by atoms with E-state index in [0.29, 0.717) is 13.0 Å². The molecule has 0 fully saturated rings. The smallest absolute Gasteiger partial charge is 0.0729 e. The van der Waals surface area contributed by atoms with Crippen molar-refractivity contribution in [3.63, 3.8) is 0 Å². The molecule has 1 atom stereocenters. The van der Waals surface area contributed by atoms with E-state index in [1.165, 1.54) is 0 Å². The Labute approximate surface area is 108 Å². The first-order valence-corrected chi connectivity index (χ1v) is 6.39. The molecule has 2 aromatic rings. The van der Waals surface area contributed by atoms with E-state index in [1.54, 1.807) is 0 Å². The van der Waals surface area contributed by atoms with Crippen LogP contribution in [0.3, 0.4) is 0 Å². The third kappa shape index (κ3) is 2.71. The molecule has 0 amide bonds. The largest absolute Gasteiger partial charge is 0.391 e. The fraction of sp³-hybridized carbons (Fsp3) is 0.500. The lowest BCUT2D eigenvalue weighted by Gasteiger charge is -2.14. The molecule has 0 saturated carbocycles. The molecule has 0 bridgehead atoms. The zero-order valence-electron chi connectivity index (χ0n) is 11.3. The van der Waals surface area contributed by atoms with Crippen molar-refractivity contribution in [3.8, 4) is 0 Å². The summed E-state index contributed by atoms with van der Waals surface area (Å²) < 4.78 is 1.99. The van der Waals surface area contributed by atoms with Gasteiger partial charge in [-0.25, -0.2) is 0 Å². The average molecular weight is 247 g/mol. The molecule has 1 aromatic carbocycles. The Balaban J connectivity index is 2.28. The van der Waals surface area contributed by atoms with Crippen molar-refractivity contribution in [2.24, 2.45) is 0 Å². The summed E-state index contributed by atoms with van der Waals surface area (Å²) in [7, 11) is 3.93. The minimum absolute atomic E-state index is 0.372. The van der Waals surface area contributed by atoms with Gasteiger partial charge in [0, 0.05) is 24.9 Å². The summed E-state index contributed by atoms with van der Waals surface area (Å²) in [5.74, 6) is 0. The first-order chi connectivity index (χ1) is 8.61. The fourth-order valence-electron chi connectivity index (χ4n) is 2.30. The molecule has 0 spiro atoms. The number of aromatic nitrogens is 2. The normalized spacial score (nSPS) is 13.4. The highest BCUT2D eigenvalue weighted by Crippen LogP contribution is 2.19. The van der Waals surface area contributed by atoms with E-state index in [-0.39, 0.29) is 6.10 Å².